The van der Waals surface area contributed by atoms with E-state index in [9.17, 15) is 0 Å². The minimum absolute atomic E-state index is 0.475. The van der Waals surface area contributed by atoms with E-state index in [2.05, 4.69) is 15.7 Å². The summed E-state index contributed by atoms with van der Waals surface area (Å²) in [5.74, 6) is 0. The topological polar surface area (TPSA) is 60.2 Å². The van der Waals surface area contributed by atoms with E-state index in [-0.39, 0.29) is 0 Å². The van der Waals surface area contributed by atoms with E-state index in [1.807, 2.05) is 0 Å². The molecule has 1 fully saturated rings. The van der Waals surface area contributed by atoms with E-state index < -0.39 is 0 Å². The van der Waals surface area contributed by atoms with E-state index in [1.54, 1.807) is 11.3 Å². The number of nitrogens with zero attached hydrogens (tertiary/aromatic N) is 1. The highest BCUT2D eigenvalue weighted by Crippen LogP contribution is 2.14. The Morgan fingerprint density at radius 2 is 2.56 bits per heavy atom. The predicted octanol–water partition coefficient (Wildman–Crippen LogP) is 1.26. The predicted molar refractivity (Wildman–Crippen MR) is 65.3 cm³/mol. The lowest BCUT2D eigenvalue weighted by Crippen LogP contribution is -2.20. The molecule has 1 aromatic rings. The quantitative estimate of drug-likeness (QED) is 0.736. The van der Waals surface area contributed by atoms with Crippen molar-refractivity contribution in [2.75, 3.05) is 13.2 Å². The summed E-state index contributed by atoms with van der Waals surface area (Å²) >= 11 is 1.63. The molecule has 1 aliphatic rings. The average Bonchev–Trinajstić information content (AvgIpc) is 2.95. The molecule has 0 aromatic carbocycles. The minimum atomic E-state index is 0.475. The van der Waals surface area contributed by atoms with Crippen LogP contribution in [0.5, 0.6) is 0 Å². The third-order valence-corrected chi connectivity index (χ3v) is 3.67. The zero-order valence-corrected chi connectivity index (χ0v) is 10.3. The molecule has 16 heavy (non-hydrogen) atoms. The summed E-state index contributed by atoms with van der Waals surface area (Å²) in [5.41, 5.74) is 6.61. The van der Waals surface area contributed by atoms with E-state index >= 15 is 0 Å². The maximum absolute atomic E-state index is 5.56. The van der Waals surface area contributed by atoms with Crippen molar-refractivity contribution in [2.24, 2.45) is 5.73 Å². The number of thiazole rings is 1. The first-order valence-electron chi connectivity index (χ1n) is 5.84. The Morgan fingerprint density at radius 3 is 3.25 bits per heavy atom. The van der Waals surface area contributed by atoms with Crippen molar-refractivity contribution < 1.29 is 4.74 Å². The lowest BCUT2D eigenvalue weighted by molar-refractivity contribution is 0.104. The molecule has 1 atom stereocenters. The summed E-state index contributed by atoms with van der Waals surface area (Å²) in [6, 6.07) is 0. The van der Waals surface area contributed by atoms with Crippen LogP contribution in [0.3, 0.4) is 0 Å². The van der Waals surface area contributed by atoms with Gasteiger partial charge in [0.15, 0.2) is 0 Å². The Balaban J connectivity index is 1.60. The van der Waals surface area contributed by atoms with Gasteiger partial charge in [-0.1, -0.05) is 0 Å². The summed E-state index contributed by atoms with van der Waals surface area (Å²) in [6.45, 7) is 3.32. The van der Waals surface area contributed by atoms with Crippen LogP contribution in [0.25, 0.3) is 0 Å². The lowest BCUT2D eigenvalue weighted by Gasteiger charge is -2.08. The molecule has 1 saturated heterocycles. The molecular weight excluding hydrogens is 222 g/mol. The molecule has 90 valence electrons. The molecule has 2 heterocycles. The third kappa shape index (κ3) is 3.52. The second kappa shape index (κ2) is 6.30. The van der Waals surface area contributed by atoms with Gasteiger partial charge in [-0.05, 0) is 25.8 Å². The fourth-order valence-corrected chi connectivity index (χ4v) is 2.55. The van der Waals surface area contributed by atoms with Gasteiger partial charge in [0.2, 0.25) is 0 Å². The van der Waals surface area contributed by atoms with E-state index in [0.29, 0.717) is 12.6 Å². The molecule has 0 bridgehead atoms. The van der Waals surface area contributed by atoms with Gasteiger partial charge in [-0.3, -0.25) is 0 Å². The Morgan fingerprint density at radius 1 is 1.62 bits per heavy atom. The molecule has 1 unspecified atom stereocenters. The molecule has 1 aliphatic heterocycles. The van der Waals surface area contributed by atoms with Crippen LogP contribution in [0.15, 0.2) is 5.38 Å². The van der Waals surface area contributed by atoms with Crippen molar-refractivity contribution in [3.63, 3.8) is 0 Å². The summed E-state index contributed by atoms with van der Waals surface area (Å²) in [5, 5.41) is 6.47. The Kier molecular flexibility index (Phi) is 4.71. The molecule has 2 rings (SSSR count). The first-order chi connectivity index (χ1) is 7.88. The molecule has 4 nitrogen and oxygen atoms in total. The van der Waals surface area contributed by atoms with Crippen molar-refractivity contribution in [1.29, 1.82) is 0 Å². The summed E-state index contributed by atoms with van der Waals surface area (Å²) in [7, 11) is 0. The van der Waals surface area contributed by atoms with Gasteiger partial charge < -0.3 is 15.8 Å². The zero-order valence-electron chi connectivity index (χ0n) is 9.45. The van der Waals surface area contributed by atoms with Gasteiger partial charge in [0.05, 0.1) is 11.8 Å². The van der Waals surface area contributed by atoms with Crippen LogP contribution in [0.2, 0.25) is 0 Å². The van der Waals surface area contributed by atoms with Crippen molar-refractivity contribution in [1.82, 2.24) is 10.3 Å². The van der Waals surface area contributed by atoms with Crippen molar-refractivity contribution in [2.45, 2.75) is 38.5 Å². The fraction of sp³-hybridized carbons (Fsp3) is 0.727. The van der Waals surface area contributed by atoms with Gasteiger partial charge >= 0.3 is 0 Å². The largest absolute Gasteiger partial charge is 0.378 e. The summed E-state index contributed by atoms with van der Waals surface area (Å²) in [4.78, 5) is 4.40. The number of ether oxygens (including phenoxy) is 1. The standard InChI is InChI=1S/C11H19N3OS/c12-6-11-14-9(8-16-11)7-13-4-3-10-2-1-5-15-10/h8,10,13H,1-7,12H2. The molecule has 0 saturated carbocycles. The Hall–Kier alpha value is -0.490. The number of hydrogen-bond donors (Lipinski definition) is 2. The van der Waals surface area contributed by atoms with Crippen LogP contribution in [0, 0.1) is 0 Å². The van der Waals surface area contributed by atoms with Crippen molar-refractivity contribution in [3.05, 3.63) is 16.1 Å². The Bertz CT molecular complexity index is 310. The summed E-state index contributed by atoms with van der Waals surface area (Å²) in [6.07, 6.45) is 4.02. The minimum Gasteiger partial charge on any atom is -0.378 e. The molecule has 5 heteroatoms. The highest BCUT2D eigenvalue weighted by molar-refractivity contribution is 7.09. The molecule has 3 N–H and O–H groups in total. The zero-order chi connectivity index (χ0) is 11.2. The van der Waals surface area contributed by atoms with Gasteiger partial charge in [-0.25, -0.2) is 4.98 Å². The maximum atomic E-state index is 5.56. The van der Waals surface area contributed by atoms with Crippen LogP contribution in [-0.2, 0) is 17.8 Å². The number of nitrogens with one attached hydrogen (secondary N) is 1. The number of aromatic nitrogens is 1. The van der Waals surface area contributed by atoms with Gasteiger partial charge in [0.25, 0.3) is 0 Å². The average molecular weight is 241 g/mol. The van der Waals surface area contributed by atoms with Gasteiger partial charge in [0, 0.05) is 25.1 Å². The lowest BCUT2D eigenvalue weighted by atomic mass is 10.2. The van der Waals surface area contributed by atoms with E-state index in [1.165, 1.54) is 12.8 Å². The van der Waals surface area contributed by atoms with Crippen molar-refractivity contribution >= 4 is 11.3 Å². The first kappa shape index (κ1) is 12.0. The third-order valence-electron chi connectivity index (χ3n) is 2.75. The van der Waals surface area contributed by atoms with Crippen LogP contribution < -0.4 is 11.1 Å². The SMILES string of the molecule is NCc1nc(CNCCC2CCCO2)cs1. The smallest absolute Gasteiger partial charge is 0.106 e. The molecule has 1 aromatic heterocycles. The molecular formula is C11H19N3OS. The fourth-order valence-electron chi connectivity index (χ4n) is 1.88. The van der Waals surface area contributed by atoms with E-state index in [0.717, 1.165) is 36.8 Å². The number of rotatable bonds is 6. The molecule has 0 amide bonds. The second-order valence-corrected chi connectivity index (χ2v) is 4.98. The van der Waals surface area contributed by atoms with E-state index in [4.69, 9.17) is 10.5 Å². The first-order valence-corrected chi connectivity index (χ1v) is 6.72. The van der Waals surface area contributed by atoms with Gasteiger partial charge in [-0.15, -0.1) is 11.3 Å². The number of hydrogen-bond acceptors (Lipinski definition) is 5. The van der Waals surface area contributed by atoms with Crippen LogP contribution >= 0.6 is 11.3 Å². The van der Waals surface area contributed by atoms with Crippen LogP contribution in [0.1, 0.15) is 30.0 Å². The maximum Gasteiger partial charge on any atom is 0.106 e. The van der Waals surface area contributed by atoms with Crippen LogP contribution in [0.4, 0.5) is 0 Å². The van der Waals surface area contributed by atoms with Crippen molar-refractivity contribution in [3.8, 4) is 0 Å². The molecule has 0 aliphatic carbocycles. The molecule has 0 spiro atoms. The van der Waals surface area contributed by atoms with Crippen LogP contribution in [-0.4, -0.2) is 24.2 Å². The Labute approximate surface area is 100 Å². The second-order valence-electron chi connectivity index (χ2n) is 4.04. The summed E-state index contributed by atoms with van der Waals surface area (Å²) < 4.78 is 5.56. The highest BCUT2D eigenvalue weighted by Gasteiger charge is 2.14. The monoisotopic (exact) mass is 241 g/mol. The highest BCUT2D eigenvalue weighted by atomic mass is 32.1. The van der Waals surface area contributed by atoms with Gasteiger partial charge in [0.1, 0.15) is 5.01 Å². The van der Waals surface area contributed by atoms with Gasteiger partial charge in [-0.2, -0.15) is 0 Å². The number of nitrogens with two attached hydrogens (primary N) is 1. The molecule has 0 radical (unpaired) electrons. The normalized spacial score (nSPS) is 20.4.